The molecule has 0 aliphatic rings. The molecule has 0 aromatic heterocycles. The fraction of sp³-hybridized carbons (Fsp3) is 0. The summed E-state index contributed by atoms with van der Waals surface area (Å²) in [7, 11) is 15.2. The molecule has 0 saturated heterocycles. The third kappa shape index (κ3) is 5.94. The third-order valence-electron chi connectivity index (χ3n) is 11.7. The maximum absolute atomic E-state index is 10.5. The van der Waals surface area contributed by atoms with Crippen molar-refractivity contribution in [3.63, 3.8) is 0 Å². The van der Waals surface area contributed by atoms with Gasteiger partial charge in [0, 0.05) is 0 Å². The first-order chi connectivity index (χ1) is 29.5. The number of benzene rings is 9. The Morgan fingerprint density at radius 3 is 0.383 bits per heavy atom. The van der Waals surface area contributed by atoms with E-state index in [0.29, 0.717) is 0 Å². The molecule has 9 rings (SSSR count). The molecule has 302 valence electrons. The second-order valence-electron chi connectivity index (χ2n) is 14.8. The quantitative estimate of drug-likeness (QED) is 0.0846. The van der Waals surface area contributed by atoms with Gasteiger partial charge in [0.2, 0.25) is 0 Å². The van der Waals surface area contributed by atoms with E-state index in [4.69, 9.17) is 0 Å². The van der Waals surface area contributed by atoms with Crippen LogP contribution >= 0.6 is 36.2 Å². The number of halogens is 2. The molecule has 0 aliphatic heterocycles. The molecule has 9 aromatic rings. The predicted octanol–water partition coefficient (Wildman–Crippen LogP) is 10.9. The van der Waals surface area contributed by atoms with Gasteiger partial charge >= 0.3 is 367 Å². The molecule has 0 fully saturated rings. The van der Waals surface area contributed by atoms with Gasteiger partial charge in [0.15, 0.2) is 0 Å². The zero-order chi connectivity index (χ0) is 41.0. The van der Waals surface area contributed by atoms with Gasteiger partial charge in [0.05, 0.1) is 0 Å². The van der Waals surface area contributed by atoms with Crippen LogP contribution in [0.2, 0.25) is 0 Å². The minimum absolute atomic E-state index is 1.22. The molecule has 60 heavy (non-hydrogen) atoms. The van der Waals surface area contributed by atoms with E-state index < -0.39 is 27.0 Å². The molecule has 0 saturated carbocycles. The van der Waals surface area contributed by atoms with Gasteiger partial charge in [-0.3, -0.25) is 0 Å². The summed E-state index contributed by atoms with van der Waals surface area (Å²) in [6, 6.07) is 101. The van der Waals surface area contributed by atoms with Crippen molar-refractivity contribution in [2.75, 3.05) is 0 Å². The zero-order valence-corrected chi connectivity index (χ0v) is 39.2. The number of rotatable bonds is 12. The molecule has 0 bridgehead atoms. The summed E-state index contributed by atoms with van der Waals surface area (Å²) < 4.78 is 0. The molecule has 0 spiro atoms. The second-order valence-corrected chi connectivity index (χ2v) is 70.1. The van der Waals surface area contributed by atoms with Crippen LogP contribution in [0, 0.1) is 0 Å². The van der Waals surface area contributed by atoms with Crippen LogP contribution in [0.5, 0.6) is 0 Å². The van der Waals surface area contributed by atoms with Gasteiger partial charge in [-0.15, -0.1) is 0 Å². The summed E-state index contributed by atoms with van der Waals surface area (Å²) in [6.45, 7) is 0. The van der Waals surface area contributed by atoms with Gasteiger partial charge in [-0.25, -0.2) is 0 Å². The van der Waals surface area contributed by atoms with Crippen LogP contribution in [-0.2, 0) is 10.2 Å². The average molecular weight is 964 g/mol. The Morgan fingerprint density at radius 1 is 0.183 bits per heavy atom. The first kappa shape index (κ1) is 40.9. The van der Waals surface area contributed by atoms with Crippen molar-refractivity contribution in [1.82, 2.24) is 0 Å². The number of hydrogen-bond donors (Lipinski definition) is 0. The van der Waals surface area contributed by atoms with E-state index in [1.165, 1.54) is 47.7 Å². The Balaban J connectivity index is 1.75. The Hall–Kier alpha value is -4.53. The molecule has 0 aliphatic carbocycles. The van der Waals surface area contributed by atoms with Crippen LogP contribution in [-0.4, -0.2) is 0 Å². The zero-order valence-electron chi connectivity index (χ0n) is 33.1. The van der Waals surface area contributed by atoms with E-state index in [-0.39, 0.29) is 0 Å². The SMILES string of the molecule is [Cl][Rh]([Cl])([PH](c1ccccc1)(c1ccccc1)c1ccccc1)([PH](c1ccccc1)(c1ccccc1)c1ccccc1)[PH](c1ccccc1)(c1ccccc1)c1ccccc1. The van der Waals surface area contributed by atoms with Crippen molar-refractivity contribution in [3.8, 4) is 0 Å². The van der Waals surface area contributed by atoms with Crippen LogP contribution in [0.15, 0.2) is 273 Å². The van der Waals surface area contributed by atoms with Crippen molar-refractivity contribution in [1.29, 1.82) is 0 Å². The summed E-state index contributed by atoms with van der Waals surface area (Å²) >= 11 is 0. The predicted molar refractivity (Wildman–Crippen MR) is 271 cm³/mol. The minimum atomic E-state index is -5.82. The molecule has 0 atom stereocenters. The fourth-order valence-corrected chi connectivity index (χ4v) is 134. The molecule has 9 aromatic carbocycles. The summed E-state index contributed by atoms with van der Waals surface area (Å²) in [4.78, 5) is 0. The average Bonchev–Trinajstić information content (AvgIpc) is 3.33. The Morgan fingerprint density at radius 2 is 0.283 bits per heavy atom. The molecular weight excluding hydrogens is 915 g/mol. The van der Waals surface area contributed by atoms with Gasteiger partial charge < -0.3 is 0 Å². The number of hydrogen-bond acceptors (Lipinski definition) is 0. The molecule has 0 unspecified atom stereocenters. The van der Waals surface area contributed by atoms with Crippen LogP contribution in [0.3, 0.4) is 0 Å². The summed E-state index contributed by atoms with van der Waals surface area (Å²) in [5, 5.41) is 10.9. The monoisotopic (exact) mass is 962 g/mol. The van der Waals surface area contributed by atoms with Gasteiger partial charge in [0.1, 0.15) is 0 Å². The third-order valence-corrected chi connectivity index (χ3v) is 103. The van der Waals surface area contributed by atoms with Gasteiger partial charge in [-0.1, -0.05) is 0 Å². The van der Waals surface area contributed by atoms with E-state index in [9.17, 15) is 19.4 Å². The molecule has 0 N–H and O–H groups in total. The second kappa shape index (κ2) is 17.1. The van der Waals surface area contributed by atoms with E-state index in [0.717, 1.165) is 0 Å². The Kier molecular flexibility index (Phi) is 11.6. The first-order valence-corrected chi connectivity index (χ1v) is 37.3. The van der Waals surface area contributed by atoms with Crippen LogP contribution in [0.4, 0.5) is 0 Å². The maximum atomic E-state index is 10.5. The molecule has 0 radical (unpaired) electrons. The first-order valence-electron chi connectivity index (χ1n) is 20.2. The molecule has 0 heterocycles. The van der Waals surface area contributed by atoms with Crippen molar-refractivity contribution in [2.45, 2.75) is 0 Å². The summed E-state index contributed by atoms with van der Waals surface area (Å²) in [6.07, 6.45) is 0. The van der Waals surface area contributed by atoms with E-state index >= 15 is 0 Å². The van der Waals surface area contributed by atoms with Crippen molar-refractivity contribution < 1.29 is 10.2 Å². The Bertz CT molecular complexity index is 2170. The van der Waals surface area contributed by atoms with Crippen LogP contribution in [0.1, 0.15) is 0 Å². The van der Waals surface area contributed by atoms with Crippen molar-refractivity contribution in [3.05, 3.63) is 273 Å². The van der Waals surface area contributed by atoms with E-state index in [2.05, 4.69) is 273 Å². The van der Waals surface area contributed by atoms with E-state index in [1.54, 1.807) is 0 Å². The summed E-state index contributed by atoms with van der Waals surface area (Å²) in [5.41, 5.74) is -11.5. The fourth-order valence-electron chi connectivity index (χ4n) is 9.53. The van der Waals surface area contributed by atoms with Crippen LogP contribution < -0.4 is 47.7 Å². The standard InChI is InChI=1S/3C18H15P.2ClH.Rh/c3*1-4-10-16(11-5-1)19(17-12-6-2-7-13-17)18-14-8-3-9-15-18;;;/h3*1-15H;2*1H;/q;;;;;-1/p+1. The molecular formula is C54H48Cl2P3Rh. The molecule has 0 amide bonds. The molecule has 6 heteroatoms. The Labute approximate surface area is 364 Å². The van der Waals surface area contributed by atoms with Gasteiger partial charge in [-0.2, -0.15) is 0 Å². The molecule has 0 nitrogen and oxygen atoms in total. The van der Waals surface area contributed by atoms with Gasteiger partial charge in [-0.05, 0) is 0 Å². The van der Waals surface area contributed by atoms with Gasteiger partial charge in [0.25, 0.3) is 0 Å². The van der Waals surface area contributed by atoms with Crippen LogP contribution in [0.25, 0.3) is 0 Å². The van der Waals surface area contributed by atoms with Crippen molar-refractivity contribution >= 4 is 83.9 Å². The summed E-state index contributed by atoms with van der Waals surface area (Å²) in [5.74, 6) is 0. The van der Waals surface area contributed by atoms with Crippen molar-refractivity contribution in [2.24, 2.45) is 0 Å². The topological polar surface area (TPSA) is 0 Å². The normalized spacial score (nSPS) is 13.7. The van der Waals surface area contributed by atoms with E-state index in [1.807, 2.05) is 0 Å².